The van der Waals surface area contributed by atoms with Gasteiger partial charge >= 0.3 is 0 Å². The topological polar surface area (TPSA) is 24.9 Å². The quantitative estimate of drug-likeness (QED) is 0.878. The molecule has 1 aromatic heterocycles. The van der Waals surface area contributed by atoms with E-state index in [0.717, 1.165) is 6.54 Å². The molecule has 0 spiro atoms. The lowest BCUT2D eigenvalue weighted by molar-refractivity contribution is 0.200. The molecular formula is C19H26N2. The van der Waals surface area contributed by atoms with Crippen LogP contribution in [0.25, 0.3) is 10.8 Å². The Kier molecular flexibility index (Phi) is 3.99. The van der Waals surface area contributed by atoms with Gasteiger partial charge in [-0.25, -0.2) is 0 Å². The molecule has 2 unspecified atom stereocenters. The lowest BCUT2D eigenvalue weighted by Crippen LogP contribution is -2.34. The van der Waals surface area contributed by atoms with Crippen molar-refractivity contribution in [3.05, 3.63) is 42.2 Å². The molecule has 1 aliphatic carbocycles. The minimum absolute atomic E-state index is 0.419. The standard InChI is InChI=1S/C19H26N2/c1-4-21-18(17-9-6-11-19(17,2)3)16-8-5-7-14-13-20-12-10-15(14)16/h5,7-8,10,12-13,17-18,21H,4,6,9,11H2,1-3H3. The van der Waals surface area contributed by atoms with Gasteiger partial charge in [-0.05, 0) is 47.7 Å². The molecule has 0 radical (unpaired) electrons. The molecule has 112 valence electrons. The Morgan fingerprint density at radius 3 is 2.90 bits per heavy atom. The van der Waals surface area contributed by atoms with Crippen molar-refractivity contribution in [2.75, 3.05) is 6.54 Å². The van der Waals surface area contributed by atoms with Crippen LogP contribution in [0.2, 0.25) is 0 Å². The summed E-state index contributed by atoms with van der Waals surface area (Å²) >= 11 is 0. The molecule has 1 fully saturated rings. The number of benzene rings is 1. The van der Waals surface area contributed by atoms with Gasteiger partial charge in [0.15, 0.2) is 0 Å². The SMILES string of the molecule is CCNC(c1cccc2cnccc12)C1CCCC1(C)C. The highest BCUT2D eigenvalue weighted by molar-refractivity contribution is 5.85. The third-order valence-corrected chi connectivity index (χ3v) is 5.22. The largest absolute Gasteiger partial charge is 0.310 e. The fourth-order valence-electron chi connectivity index (χ4n) is 4.08. The maximum Gasteiger partial charge on any atom is 0.0359 e. The van der Waals surface area contributed by atoms with Gasteiger partial charge in [0.2, 0.25) is 0 Å². The molecule has 2 aromatic rings. The smallest absolute Gasteiger partial charge is 0.0359 e. The van der Waals surface area contributed by atoms with Crippen LogP contribution in [-0.2, 0) is 0 Å². The van der Waals surface area contributed by atoms with Crippen molar-refractivity contribution in [3.63, 3.8) is 0 Å². The molecule has 3 rings (SSSR count). The van der Waals surface area contributed by atoms with Crippen LogP contribution in [0.15, 0.2) is 36.7 Å². The van der Waals surface area contributed by atoms with Crippen LogP contribution in [0.5, 0.6) is 0 Å². The van der Waals surface area contributed by atoms with Gasteiger partial charge in [-0.15, -0.1) is 0 Å². The number of nitrogens with zero attached hydrogens (tertiary/aromatic N) is 1. The first-order valence-electron chi connectivity index (χ1n) is 8.19. The number of hydrogen-bond donors (Lipinski definition) is 1. The Labute approximate surface area is 128 Å². The summed E-state index contributed by atoms with van der Waals surface area (Å²) in [5.74, 6) is 0.705. The van der Waals surface area contributed by atoms with Gasteiger partial charge in [-0.3, -0.25) is 4.98 Å². The van der Waals surface area contributed by atoms with Gasteiger partial charge in [0.05, 0.1) is 0 Å². The lowest BCUT2D eigenvalue weighted by atomic mass is 9.75. The molecular weight excluding hydrogens is 256 g/mol. The molecule has 0 saturated heterocycles. The Morgan fingerprint density at radius 1 is 1.33 bits per heavy atom. The highest BCUT2D eigenvalue weighted by atomic mass is 14.9. The van der Waals surface area contributed by atoms with E-state index >= 15 is 0 Å². The van der Waals surface area contributed by atoms with Gasteiger partial charge in [-0.1, -0.05) is 45.4 Å². The summed E-state index contributed by atoms with van der Waals surface area (Å²) in [4.78, 5) is 4.27. The fraction of sp³-hybridized carbons (Fsp3) is 0.526. The summed E-state index contributed by atoms with van der Waals surface area (Å²) in [5, 5.41) is 6.36. The molecule has 1 saturated carbocycles. The fourth-order valence-corrected chi connectivity index (χ4v) is 4.08. The molecule has 1 heterocycles. The zero-order valence-corrected chi connectivity index (χ0v) is 13.4. The first-order chi connectivity index (χ1) is 10.1. The van der Waals surface area contributed by atoms with Crippen LogP contribution in [0, 0.1) is 11.3 Å². The second-order valence-electron chi connectivity index (χ2n) is 6.97. The second-order valence-corrected chi connectivity index (χ2v) is 6.97. The summed E-state index contributed by atoms with van der Waals surface area (Å²) < 4.78 is 0. The molecule has 1 aliphatic rings. The van der Waals surface area contributed by atoms with Crippen molar-refractivity contribution in [2.24, 2.45) is 11.3 Å². The maximum absolute atomic E-state index is 4.27. The first kappa shape index (κ1) is 14.5. The monoisotopic (exact) mass is 282 g/mol. The molecule has 0 aliphatic heterocycles. The van der Waals surface area contributed by atoms with Gasteiger partial charge in [0.25, 0.3) is 0 Å². The molecule has 2 heteroatoms. The number of hydrogen-bond acceptors (Lipinski definition) is 2. The van der Waals surface area contributed by atoms with E-state index in [0.29, 0.717) is 17.4 Å². The van der Waals surface area contributed by atoms with Crippen molar-refractivity contribution in [2.45, 2.75) is 46.1 Å². The van der Waals surface area contributed by atoms with E-state index < -0.39 is 0 Å². The molecule has 1 N–H and O–H groups in total. The molecule has 0 bridgehead atoms. The van der Waals surface area contributed by atoms with Crippen molar-refractivity contribution in [1.82, 2.24) is 10.3 Å². The van der Waals surface area contributed by atoms with Crippen LogP contribution in [0.4, 0.5) is 0 Å². The molecule has 1 aromatic carbocycles. The highest BCUT2D eigenvalue weighted by Gasteiger charge is 2.40. The minimum atomic E-state index is 0.419. The van der Waals surface area contributed by atoms with E-state index in [9.17, 15) is 0 Å². The molecule has 2 nitrogen and oxygen atoms in total. The lowest BCUT2D eigenvalue weighted by Gasteiger charge is -2.35. The van der Waals surface area contributed by atoms with Crippen LogP contribution in [0.3, 0.4) is 0 Å². The Bertz CT molecular complexity index is 612. The second kappa shape index (κ2) is 5.76. The number of aromatic nitrogens is 1. The summed E-state index contributed by atoms with van der Waals surface area (Å²) in [6.45, 7) is 8.09. The van der Waals surface area contributed by atoms with E-state index in [1.54, 1.807) is 0 Å². The Hall–Kier alpha value is -1.41. The summed E-state index contributed by atoms with van der Waals surface area (Å²) in [6, 6.07) is 9.24. The number of rotatable bonds is 4. The third-order valence-electron chi connectivity index (χ3n) is 5.22. The predicted molar refractivity (Wildman–Crippen MR) is 89.3 cm³/mol. The summed E-state index contributed by atoms with van der Waals surface area (Å²) in [6.07, 6.45) is 7.90. The highest BCUT2D eigenvalue weighted by Crippen LogP contribution is 2.49. The normalized spacial score (nSPS) is 22.5. The molecule has 2 atom stereocenters. The average Bonchev–Trinajstić information content (AvgIpc) is 2.84. The van der Waals surface area contributed by atoms with Gasteiger partial charge in [-0.2, -0.15) is 0 Å². The van der Waals surface area contributed by atoms with Crippen LogP contribution in [0.1, 0.15) is 51.6 Å². The summed E-state index contributed by atoms with van der Waals surface area (Å²) in [7, 11) is 0. The number of pyridine rings is 1. The minimum Gasteiger partial charge on any atom is -0.310 e. The summed E-state index contributed by atoms with van der Waals surface area (Å²) in [5.41, 5.74) is 1.86. The zero-order valence-electron chi connectivity index (χ0n) is 13.4. The van der Waals surface area contributed by atoms with Crippen molar-refractivity contribution >= 4 is 10.8 Å². The van der Waals surface area contributed by atoms with E-state index in [-0.39, 0.29) is 0 Å². The maximum atomic E-state index is 4.27. The third kappa shape index (κ3) is 2.69. The average molecular weight is 282 g/mol. The molecule has 0 amide bonds. The van der Waals surface area contributed by atoms with Gasteiger partial charge < -0.3 is 5.32 Å². The van der Waals surface area contributed by atoms with E-state index in [1.807, 2.05) is 12.4 Å². The van der Waals surface area contributed by atoms with Crippen molar-refractivity contribution < 1.29 is 0 Å². The number of nitrogens with one attached hydrogen (secondary N) is 1. The molecule has 21 heavy (non-hydrogen) atoms. The van der Waals surface area contributed by atoms with Crippen LogP contribution >= 0.6 is 0 Å². The van der Waals surface area contributed by atoms with Crippen LogP contribution < -0.4 is 5.32 Å². The van der Waals surface area contributed by atoms with E-state index in [4.69, 9.17) is 0 Å². The first-order valence-corrected chi connectivity index (χ1v) is 8.19. The van der Waals surface area contributed by atoms with E-state index in [2.05, 4.69) is 55.3 Å². The number of fused-ring (bicyclic) bond motifs is 1. The Morgan fingerprint density at radius 2 is 2.19 bits per heavy atom. The van der Waals surface area contributed by atoms with Crippen molar-refractivity contribution in [3.8, 4) is 0 Å². The van der Waals surface area contributed by atoms with Crippen molar-refractivity contribution in [1.29, 1.82) is 0 Å². The predicted octanol–water partition coefficient (Wildman–Crippen LogP) is 4.71. The van der Waals surface area contributed by atoms with Crippen LogP contribution in [-0.4, -0.2) is 11.5 Å². The van der Waals surface area contributed by atoms with Gasteiger partial charge in [0, 0.05) is 23.8 Å². The zero-order chi connectivity index (χ0) is 14.9. The Balaban J connectivity index is 2.07. The van der Waals surface area contributed by atoms with Gasteiger partial charge in [0.1, 0.15) is 0 Å². The van der Waals surface area contributed by atoms with E-state index in [1.165, 1.54) is 35.6 Å².